The number of aromatic carboxylic acids is 1. The van der Waals surface area contributed by atoms with Crippen molar-refractivity contribution in [2.45, 2.75) is 12.8 Å². The second-order valence-electron chi connectivity index (χ2n) is 6.16. The average Bonchev–Trinajstić information content (AvgIpc) is 2.57. The monoisotopic (exact) mass is 321 g/mol. The van der Waals surface area contributed by atoms with Crippen LogP contribution in [0, 0.1) is 0 Å². The molecule has 1 aliphatic rings. The minimum Gasteiger partial charge on any atom is -0.478 e. The number of nitrogens with zero attached hydrogens (tertiary/aromatic N) is 1. The number of carbonyl (C=O) groups excluding carboxylic acids is 1. The van der Waals surface area contributed by atoms with E-state index in [1.165, 1.54) is 6.07 Å². The van der Waals surface area contributed by atoms with Crippen LogP contribution in [0.5, 0.6) is 0 Å². The number of Topliss-reactive ketones (excluding diaryl/α,β-unsaturated/α-hetero) is 1. The van der Waals surface area contributed by atoms with Crippen LogP contribution in [0.4, 0.5) is 5.69 Å². The van der Waals surface area contributed by atoms with Crippen LogP contribution in [0.15, 0.2) is 48.0 Å². The predicted octanol–water partition coefficient (Wildman–Crippen LogP) is 3.66. The second-order valence-corrected chi connectivity index (χ2v) is 6.16. The Morgan fingerprint density at radius 1 is 1.08 bits per heavy atom. The van der Waals surface area contributed by atoms with E-state index in [-0.39, 0.29) is 11.3 Å². The van der Waals surface area contributed by atoms with Crippen LogP contribution >= 0.6 is 0 Å². The molecule has 0 aromatic heterocycles. The molecule has 0 fully saturated rings. The Labute approximate surface area is 141 Å². The molecule has 4 heteroatoms. The molecular weight excluding hydrogens is 302 g/mol. The van der Waals surface area contributed by atoms with Gasteiger partial charge in [0.15, 0.2) is 5.78 Å². The van der Waals surface area contributed by atoms with Gasteiger partial charge in [-0.15, -0.1) is 0 Å². The SMILES string of the molecule is CN(C)c1ccc(/C=C2\CCc3cc(C(=O)O)ccc3C2=O)cc1. The van der Waals surface area contributed by atoms with Gasteiger partial charge in [0, 0.05) is 30.9 Å². The molecule has 122 valence electrons. The van der Waals surface area contributed by atoms with Gasteiger partial charge in [0.1, 0.15) is 0 Å². The van der Waals surface area contributed by atoms with Crippen LogP contribution in [0.25, 0.3) is 6.08 Å². The highest BCUT2D eigenvalue weighted by molar-refractivity contribution is 6.13. The molecule has 2 aromatic carbocycles. The molecule has 1 N–H and O–H groups in total. The van der Waals surface area contributed by atoms with Gasteiger partial charge in [-0.25, -0.2) is 4.79 Å². The smallest absolute Gasteiger partial charge is 0.335 e. The number of carbonyl (C=O) groups is 2. The van der Waals surface area contributed by atoms with Crippen LogP contribution in [-0.2, 0) is 6.42 Å². The fraction of sp³-hybridized carbons (Fsp3) is 0.200. The molecule has 0 saturated carbocycles. The Hall–Kier alpha value is -2.88. The Bertz CT molecular complexity index is 832. The lowest BCUT2D eigenvalue weighted by atomic mass is 9.85. The van der Waals surface area contributed by atoms with Gasteiger partial charge < -0.3 is 10.0 Å². The first-order valence-electron chi connectivity index (χ1n) is 7.84. The topological polar surface area (TPSA) is 57.6 Å². The standard InChI is InChI=1S/C20H19NO3/c1-21(2)17-8-3-13(4-9-17)11-15-6-5-14-12-16(20(23)24)7-10-18(14)19(15)22/h3-4,7-12H,5-6H2,1-2H3,(H,23,24)/b15-11+. The predicted molar refractivity (Wildman–Crippen MR) is 94.8 cm³/mol. The zero-order chi connectivity index (χ0) is 17.3. The molecule has 0 unspecified atom stereocenters. The second kappa shape index (κ2) is 6.32. The Morgan fingerprint density at radius 3 is 2.42 bits per heavy atom. The molecule has 0 bridgehead atoms. The highest BCUT2D eigenvalue weighted by Gasteiger charge is 2.22. The first-order chi connectivity index (χ1) is 11.5. The number of hydrogen-bond acceptors (Lipinski definition) is 3. The maximum Gasteiger partial charge on any atom is 0.335 e. The third-order valence-corrected chi connectivity index (χ3v) is 4.30. The highest BCUT2D eigenvalue weighted by Crippen LogP contribution is 2.28. The molecule has 0 radical (unpaired) electrons. The Balaban J connectivity index is 1.89. The molecule has 4 nitrogen and oxygen atoms in total. The number of carboxylic acids is 1. The molecule has 0 amide bonds. The molecule has 2 aromatic rings. The fourth-order valence-electron chi connectivity index (χ4n) is 2.92. The molecule has 0 saturated heterocycles. The van der Waals surface area contributed by atoms with E-state index in [4.69, 9.17) is 5.11 Å². The van der Waals surface area contributed by atoms with Crippen molar-refractivity contribution in [3.05, 3.63) is 70.3 Å². The maximum absolute atomic E-state index is 12.7. The van der Waals surface area contributed by atoms with Gasteiger partial charge in [-0.1, -0.05) is 12.1 Å². The van der Waals surface area contributed by atoms with E-state index in [9.17, 15) is 9.59 Å². The number of hydrogen-bond donors (Lipinski definition) is 1. The van der Waals surface area contributed by atoms with Gasteiger partial charge in [0.2, 0.25) is 0 Å². The van der Waals surface area contributed by atoms with Crippen LogP contribution in [0.1, 0.15) is 38.3 Å². The minimum absolute atomic E-state index is 0.00938. The van der Waals surface area contributed by atoms with Gasteiger partial charge >= 0.3 is 5.97 Å². The van der Waals surface area contributed by atoms with Crippen LogP contribution < -0.4 is 4.90 Å². The number of aryl methyl sites for hydroxylation is 1. The zero-order valence-electron chi connectivity index (χ0n) is 13.7. The van der Waals surface area contributed by atoms with E-state index in [2.05, 4.69) is 0 Å². The fourth-order valence-corrected chi connectivity index (χ4v) is 2.92. The third kappa shape index (κ3) is 3.08. The first-order valence-corrected chi connectivity index (χ1v) is 7.84. The van der Waals surface area contributed by atoms with E-state index >= 15 is 0 Å². The van der Waals surface area contributed by atoms with Crippen molar-refractivity contribution in [2.75, 3.05) is 19.0 Å². The summed E-state index contributed by atoms with van der Waals surface area (Å²) >= 11 is 0. The number of fused-ring (bicyclic) bond motifs is 1. The zero-order valence-corrected chi connectivity index (χ0v) is 13.7. The number of carboxylic acid groups (broad SMARTS) is 1. The van der Waals surface area contributed by atoms with Gasteiger partial charge in [-0.05, 0) is 60.4 Å². The van der Waals surface area contributed by atoms with Crippen molar-refractivity contribution < 1.29 is 14.7 Å². The lowest BCUT2D eigenvalue weighted by Crippen LogP contribution is -2.15. The maximum atomic E-state index is 12.7. The van der Waals surface area contributed by atoms with Crippen molar-refractivity contribution >= 4 is 23.5 Å². The van der Waals surface area contributed by atoms with Crippen LogP contribution in [0.2, 0.25) is 0 Å². The number of anilines is 1. The molecule has 3 rings (SSSR count). The summed E-state index contributed by atoms with van der Waals surface area (Å²) < 4.78 is 0. The van der Waals surface area contributed by atoms with Crippen LogP contribution in [0.3, 0.4) is 0 Å². The Kier molecular flexibility index (Phi) is 4.21. The summed E-state index contributed by atoms with van der Waals surface area (Å²) in [5.74, 6) is -0.975. The van der Waals surface area contributed by atoms with E-state index in [1.54, 1.807) is 12.1 Å². The van der Waals surface area contributed by atoms with Crippen molar-refractivity contribution in [1.29, 1.82) is 0 Å². The van der Waals surface area contributed by atoms with E-state index in [0.29, 0.717) is 18.4 Å². The Morgan fingerprint density at radius 2 is 1.79 bits per heavy atom. The van der Waals surface area contributed by atoms with Gasteiger partial charge in [0.25, 0.3) is 0 Å². The number of allylic oxidation sites excluding steroid dienone is 1. The van der Waals surface area contributed by atoms with Crippen LogP contribution in [-0.4, -0.2) is 31.0 Å². The summed E-state index contributed by atoms with van der Waals surface area (Å²) in [5.41, 5.74) is 4.53. The summed E-state index contributed by atoms with van der Waals surface area (Å²) in [5, 5.41) is 9.06. The molecular formula is C20H19NO3. The molecule has 24 heavy (non-hydrogen) atoms. The van der Waals surface area contributed by atoms with Gasteiger partial charge in [0.05, 0.1) is 5.56 Å². The minimum atomic E-state index is -0.965. The summed E-state index contributed by atoms with van der Waals surface area (Å²) in [6.07, 6.45) is 3.24. The van der Waals surface area contributed by atoms with Crippen molar-refractivity contribution in [3.63, 3.8) is 0 Å². The first kappa shape index (κ1) is 16.0. The molecule has 0 heterocycles. The summed E-state index contributed by atoms with van der Waals surface area (Å²) in [6.45, 7) is 0. The normalized spacial score (nSPS) is 15.2. The van der Waals surface area contributed by atoms with E-state index in [0.717, 1.165) is 22.4 Å². The van der Waals surface area contributed by atoms with Gasteiger partial charge in [-0.2, -0.15) is 0 Å². The lowest BCUT2D eigenvalue weighted by Gasteiger charge is -2.18. The number of benzene rings is 2. The van der Waals surface area contributed by atoms with Crippen molar-refractivity contribution in [3.8, 4) is 0 Å². The third-order valence-electron chi connectivity index (χ3n) is 4.30. The molecule has 0 aliphatic heterocycles. The molecule has 0 atom stereocenters. The number of rotatable bonds is 3. The van der Waals surface area contributed by atoms with Crippen molar-refractivity contribution in [2.24, 2.45) is 0 Å². The lowest BCUT2D eigenvalue weighted by molar-refractivity contribution is 0.0696. The summed E-state index contributed by atoms with van der Waals surface area (Å²) in [7, 11) is 3.97. The number of ketones is 1. The van der Waals surface area contributed by atoms with Gasteiger partial charge in [-0.3, -0.25) is 4.79 Å². The molecule has 0 spiro atoms. The average molecular weight is 321 g/mol. The van der Waals surface area contributed by atoms with Crippen molar-refractivity contribution in [1.82, 2.24) is 0 Å². The largest absolute Gasteiger partial charge is 0.478 e. The molecule has 1 aliphatic carbocycles. The van der Waals surface area contributed by atoms with E-state index in [1.807, 2.05) is 49.3 Å². The quantitative estimate of drug-likeness (QED) is 0.877. The van der Waals surface area contributed by atoms with E-state index < -0.39 is 5.97 Å². The highest BCUT2D eigenvalue weighted by atomic mass is 16.4. The summed E-state index contributed by atoms with van der Waals surface area (Å²) in [6, 6.07) is 12.8. The summed E-state index contributed by atoms with van der Waals surface area (Å²) in [4.78, 5) is 25.7.